The van der Waals surface area contributed by atoms with Crippen LogP contribution in [0.1, 0.15) is 0 Å². The lowest BCUT2D eigenvalue weighted by atomic mass is 10.2. The Kier molecular flexibility index (Phi) is 4.68. The van der Waals surface area contributed by atoms with Crippen molar-refractivity contribution in [3.05, 3.63) is 36.4 Å². The molecule has 0 saturated heterocycles. The molecular weight excluding hydrogens is 263 g/mol. The summed E-state index contributed by atoms with van der Waals surface area (Å²) in [5.74, 6) is -2.10. The maximum atomic E-state index is 10.6. The summed E-state index contributed by atoms with van der Waals surface area (Å²) < 4.78 is 36.7. The van der Waals surface area contributed by atoms with Gasteiger partial charge in [0.15, 0.2) is 0 Å². The molecule has 0 amide bonds. The van der Waals surface area contributed by atoms with E-state index in [4.69, 9.17) is 14.6 Å². The molecule has 0 unspecified atom stereocenters. The summed E-state index contributed by atoms with van der Waals surface area (Å²) in [6.07, 6.45) is -5.08. The van der Waals surface area contributed by atoms with E-state index in [-0.39, 0.29) is 0 Å². The van der Waals surface area contributed by atoms with Gasteiger partial charge in [0, 0.05) is 11.5 Å². The van der Waals surface area contributed by atoms with Crippen LogP contribution in [0.5, 0.6) is 5.88 Å². The highest BCUT2D eigenvalue weighted by molar-refractivity contribution is 5.78. The minimum Gasteiger partial charge on any atom is -0.481 e. The van der Waals surface area contributed by atoms with Gasteiger partial charge in [0.25, 0.3) is 0 Å². The topological polar surface area (TPSA) is 59.4 Å². The Labute approximate surface area is 106 Å². The molecule has 1 aromatic carbocycles. The zero-order chi connectivity index (χ0) is 14.5. The van der Waals surface area contributed by atoms with Crippen molar-refractivity contribution in [3.63, 3.8) is 0 Å². The number of rotatable bonds is 1. The van der Waals surface area contributed by atoms with Gasteiger partial charge >= 0.3 is 12.1 Å². The van der Waals surface area contributed by atoms with E-state index in [0.717, 1.165) is 10.9 Å². The first-order valence-electron chi connectivity index (χ1n) is 5.04. The highest BCUT2D eigenvalue weighted by Crippen LogP contribution is 2.15. The minimum atomic E-state index is -5.08. The van der Waals surface area contributed by atoms with Crippen LogP contribution in [0.25, 0.3) is 10.9 Å². The van der Waals surface area contributed by atoms with Gasteiger partial charge in [-0.25, -0.2) is 9.78 Å². The van der Waals surface area contributed by atoms with E-state index in [0.29, 0.717) is 5.88 Å². The molecule has 0 saturated carbocycles. The summed E-state index contributed by atoms with van der Waals surface area (Å²) in [5.41, 5.74) is 0.969. The molecule has 0 aliphatic rings. The number of hydrogen-bond donors (Lipinski definition) is 1. The number of aliphatic carboxylic acids is 1. The summed E-state index contributed by atoms with van der Waals surface area (Å²) >= 11 is 0. The fraction of sp³-hybridized carbons (Fsp3) is 0.167. The number of aromatic nitrogens is 1. The quantitative estimate of drug-likeness (QED) is 0.867. The van der Waals surface area contributed by atoms with Gasteiger partial charge in [0.1, 0.15) is 0 Å². The van der Waals surface area contributed by atoms with Gasteiger partial charge < -0.3 is 9.84 Å². The standard InChI is InChI=1S/C10H9NO.C2HF3O2/c1-12-10-7-6-8-4-2-3-5-9(8)11-10;3-2(4,5)1(6)7/h2-7H,1H3;(H,6,7). The molecule has 2 aromatic rings. The number of ether oxygens (including phenoxy) is 1. The first-order chi connectivity index (χ1) is 8.84. The maximum Gasteiger partial charge on any atom is 0.490 e. The Hall–Kier alpha value is -2.31. The molecule has 102 valence electrons. The van der Waals surface area contributed by atoms with E-state index < -0.39 is 12.1 Å². The fourth-order valence-electron chi connectivity index (χ4n) is 1.16. The molecule has 0 radical (unpaired) electrons. The van der Waals surface area contributed by atoms with E-state index in [1.807, 2.05) is 36.4 Å². The number of carboxylic acids is 1. The van der Waals surface area contributed by atoms with Gasteiger partial charge in [0.05, 0.1) is 12.6 Å². The van der Waals surface area contributed by atoms with Crippen LogP contribution in [0.15, 0.2) is 36.4 Å². The van der Waals surface area contributed by atoms with Crippen LogP contribution in [0, 0.1) is 0 Å². The molecule has 0 spiro atoms. The van der Waals surface area contributed by atoms with Crippen LogP contribution in [0.2, 0.25) is 0 Å². The second-order valence-corrected chi connectivity index (χ2v) is 3.35. The first-order valence-corrected chi connectivity index (χ1v) is 5.04. The largest absolute Gasteiger partial charge is 0.490 e. The average molecular weight is 273 g/mol. The normalized spacial score (nSPS) is 10.5. The number of benzene rings is 1. The number of hydrogen-bond acceptors (Lipinski definition) is 3. The van der Waals surface area contributed by atoms with Crippen molar-refractivity contribution in [2.75, 3.05) is 7.11 Å². The van der Waals surface area contributed by atoms with Crippen LogP contribution in [0.4, 0.5) is 13.2 Å². The lowest BCUT2D eigenvalue weighted by Crippen LogP contribution is -2.21. The molecule has 2 rings (SSSR count). The van der Waals surface area contributed by atoms with E-state index in [2.05, 4.69) is 4.98 Å². The Morgan fingerprint density at radius 3 is 2.32 bits per heavy atom. The molecule has 0 atom stereocenters. The molecule has 0 bridgehead atoms. The second kappa shape index (κ2) is 6.03. The smallest absolute Gasteiger partial charge is 0.481 e. The number of halogens is 3. The predicted octanol–water partition coefficient (Wildman–Crippen LogP) is 2.88. The summed E-state index contributed by atoms with van der Waals surface area (Å²) in [4.78, 5) is 13.2. The van der Waals surface area contributed by atoms with E-state index in [9.17, 15) is 13.2 Å². The molecular formula is C12H10F3NO3. The number of alkyl halides is 3. The zero-order valence-corrected chi connectivity index (χ0v) is 9.81. The monoisotopic (exact) mass is 273 g/mol. The molecule has 4 nitrogen and oxygen atoms in total. The third kappa shape index (κ3) is 4.46. The fourth-order valence-corrected chi connectivity index (χ4v) is 1.16. The number of methoxy groups -OCH3 is 1. The van der Waals surface area contributed by atoms with Crippen molar-refractivity contribution >= 4 is 16.9 Å². The summed E-state index contributed by atoms with van der Waals surface area (Å²) in [6.45, 7) is 0. The van der Waals surface area contributed by atoms with Crippen LogP contribution in [-0.2, 0) is 4.79 Å². The van der Waals surface area contributed by atoms with Crippen molar-refractivity contribution in [1.29, 1.82) is 0 Å². The van der Waals surface area contributed by atoms with Crippen molar-refractivity contribution in [1.82, 2.24) is 4.98 Å². The highest BCUT2D eigenvalue weighted by Gasteiger charge is 2.38. The Bertz CT molecular complexity index is 569. The van der Waals surface area contributed by atoms with Crippen molar-refractivity contribution < 1.29 is 27.8 Å². The number of nitrogens with zero attached hydrogens (tertiary/aromatic N) is 1. The van der Waals surface area contributed by atoms with Gasteiger partial charge in [-0.05, 0) is 12.1 Å². The Morgan fingerprint density at radius 2 is 1.79 bits per heavy atom. The molecule has 1 aromatic heterocycles. The summed E-state index contributed by atoms with van der Waals surface area (Å²) in [6, 6.07) is 11.8. The van der Waals surface area contributed by atoms with Crippen molar-refractivity contribution in [3.8, 4) is 5.88 Å². The van der Waals surface area contributed by atoms with E-state index in [1.54, 1.807) is 7.11 Å². The van der Waals surface area contributed by atoms with Crippen LogP contribution in [-0.4, -0.2) is 29.3 Å². The van der Waals surface area contributed by atoms with Crippen molar-refractivity contribution in [2.24, 2.45) is 0 Å². The van der Waals surface area contributed by atoms with Gasteiger partial charge in [-0.1, -0.05) is 18.2 Å². The third-order valence-electron chi connectivity index (χ3n) is 2.02. The summed E-state index contributed by atoms with van der Waals surface area (Å²) in [7, 11) is 1.62. The highest BCUT2D eigenvalue weighted by atomic mass is 19.4. The molecule has 19 heavy (non-hydrogen) atoms. The zero-order valence-electron chi connectivity index (χ0n) is 9.81. The van der Waals surface area contributed by atoms with Crippen molar-refractivity contribution in [2.45, 2.75) is 6.18 Å². The molecule has 1 N–H and O–H groups in total. The summed E-state index contributed by atoms with van der Waals surface area (Å²) in [5, 5.41) is 8.26. The second-order valence-electron chi connectivity index (χ2n) is 3.35. The van der Waals surface area contributed by atoms with Crippen LogP contribution in [0.3, 0.4) is 0 Å². The number of carbonyl (C=O) groups is 1. The van der Waals surface area contributed by atoms with Gasteiger partial charge in [-0.15, -0.1) is 0 Å². The van der Waals surface area contributed by atoms with Crippen LogP contribution >= 0.6 is 0 Å². The van der Waals surface area contributed by atoms with E-state index >= 15 is 0 Å². The number of para-hydroxylation sites is 1. The maximum absolute atomic E-state index is 10.6. The lowest BCUT2D eigenvalue weighted by molar-refractivity contribution is -0.192. The lowest BCUT2D eigenvalue weighted by Gasteiger charge is -1.99. The average Bonchev–Trinajstić information content (AvgIpc) is 2.37. The predicted molar refractivity (Wildman–Crippen MR) is 62.0 cm³/mol. The number of fused-ring (bicyclic) bond motifs is 1. The molecule has 0 aliphatic heterocycles. The Balaban J connectivity index is 0.000000224. The number of pyridine rings is 1. The SMILES string of the molecule is COc1ccc2ccccc2n1.O=C(O)C(F)(F)F. The molecule has 0 fully saturated rings. The third-order valence-corrected chi connectivity index (χ3v) is 2.02. The van der Waals surface area contributed by atoms with E-state index in [1.165, 1.54) is 0 Å². The van der Waals surface area contributed by atoms with Gasteiger partial charge in [0.2, 0.25) is 5.88 Å². The van der Waals surface area contributed by atoms with Gasteiger partial charge in [-0.2, -0.15) is 13.2 Å². The van der Waals surface area contributed by atoms with Gasteiger partial charge in [-0.3, -0.25) is 0 Å². The molecule has 0 aliphatic carbocycles. The number of carboxylic acid groups (broad SMARTS) is 1. The minimum absolute atomic E-state index is 0.661. The first kappa shape index (κ1) is 14.7. The molecule has 1 heterocycles. The van der Waals surface area contributed by atoms with Crippen LogP contribution < -0.4 is 4.74 Å². The molecule has 7 heteroatoms. The Morgan fingerprint density at radius 1 is 1.21 bits per heavy atom.